The molecular formula is C16H21N3OS. The van der Waals surface area contributed by atoms with Gasteiger partial charge in [0.25, 0.3) is 0 Å². The van der Waals surface area contributed by atoms with E-state index in [0.29, 0.717) is 11.2 Å². The highest BCUT2D eigenvalue weighted by molar-refractivity contribution is 7.80. The van der Waals surface area contributed by atoms with Crippen molar-refractivity contribution in [3.05, 3.63) is 24.3 Å². The van der Waals surface area contributed by atoms with Crippen molar-refractivity contribution < 1.29 is 4.79 Å². The Morgan fingerprint density at radius 3 is 2.29 bits per heavy atom. The quantitative estimate of drug-likeness (QED) is 0.751. The topological polar surface area (TPSA) is 53.2 Å². The van der Waals surface area contributed by atoms with E-state index in [2.05, 4.69) is 16.0 Å². The third-order valence-electron chi connectivity index (χ3n) is 4.52. The van der Waals surface area contributed by atoms with Crippen LogP contribution in [0.25, 0.3) is 0 Å². The van der Waals surface area contributed by atoms with E-state index in [1.807, 2.05) is 24.3 Å². The molecule has 0 radical (unpaired) electrons. The lowest BCUT2D eigenvalue weighted by molar-refractivity contribution is -0.114. The molecule has 2 fully saturated rings. The van der Waals surface area contributed by atoms with Crippen LogP contribution in [0.4, 0.5) is 11.4 Å². The zero-order valence-corrected chi connectivity index (χ0v) is 13.0. The van der Waals surface area contributed by atoms with Gasteiger partial charge in [-0.05, 0) is 67.6 Å². The number of thiocarbonyl (C=S) groups is 1. The van der Waals surface area contributed by atoms with Crippen molar-refractivity contribution in [2.24, 2.45) is 11.8 Å². The van der Waals surface area contributed by atoms with Crippen molar-refractivity contribution in [2.45, 2.75) is 38.6 Å². The van der Waals surface area contributed by atoms with E-state index in [1.165, 1.54) is 32.6 Å². The zero-order valence-electron chi connectivity index (χ0n) is 12.2. The Balaban J connectivity index is 1.51. The summed E-state index contributed by atoms with van der Waals surface area (Å²) >= 11 is 5.40. The van der Waals surface area contributed by atoms with Crippen LogP contribution in [0.3, 0.4) is 0 Å². The summed E-state index contributed by atoms with van der Waals surface area (Å²) < 4.78 is 0. The lowest BCUT2D eigenvalue weighted by Gasteiger charge is -2.24. The Kier molecular flexibility index (Phi) is 4.10. The van der Waals surface area contributed by atoms with Crippen LogP contribution in [0, 0.1) is 11.8 Å². The highest BCUT2D eigenvalue weighted by Crippen LogP contribution is 2.44. The maximum absolute atomic E-state index is 11.0. The zero-order chi connectivity index (χ0) is 14.8. The Morgan fingerprint density at radius 1 is 1.10 bits per heavy atom. The predicted molar refractivity (Wildman–Crippen MR) is 89.3 cm³/mol. The molecule has 2 aliphatic rings. The summed E-state index contributed by atoms with van der Waals surface area (Å²) in [5.41, 5.74) is 1.73. The molecule has 0 aromatic heterocycles. The fraction of sp³-hybridized carbons (Fsp3) is 0.500. The average molecular weight is 303 g/mol. The SMILES string of the molecule is CC(=O)Nc1ccc(NC(=S)N[C@H]2C[C@H]3CC[C@@H]2C3)cc1. The number of anilines is 2. The molecule has 2 aliphatic carbocycles. The van der Waals surface area contributed by atoms with Gasteiger partial charge in [-0.25, -0.2) is 0 Å². The summed E-state index contributed by atoms with van der Waals surface area (Å²) in [7, 11) is 0. The monoisotopic (exact) mass is 303 g/mol. The van der Waals surface area contributed by atoms with Crippen LogP contribution >= 0.6 is 12.2 Å². The van der Waals surface area contributed by atoms with E-state index < -0.39 is 0 Å². The van der Waals surface area contributed by atoms with Gasteiger partial charge < -0.3 is 16.0 Å². The minimum Gasteiger partial charge on any atom is -0.359 e. The van der Waals surface area contributed by atoms with Crippen molar-refractivity contribution in [3.8, 4) is 0 Å². The Hall–Kier alpha value is -1.62. The predicted octanol–water partition coefficient (Wildman–Crippen LogP) is 3.12. The molecule has 3 N–H and O–H groups in total. The Bertz CT molecular complexity index is 543. The van der Waals surface area contributed by atoms with Crippen LogP contribution in [0.2, 0.25) is 0 Å². The Labute approximate surface area is 130 Å². The van der Waals surface area contributed by atoms with Gasteiger partial charge in [0.2, 0.25) is 5.91 Å². The second-order valence-corrected chi connectivity index (χ2v) is 6.55. The highest BCUT2D eigenvalue weighted by Gasteiger charge is 2.39. The third-order valence-corrected chi connectivity index (χ3v) is 4.74. The summed E-state index contributed by atoms with van der Waals surface area (Å²) in [5.74, 6) is 1.65. The summed E-state index contributed by atoms with van der Waals surface area (Å²) in [6, 6.07) is 8.11. The molecule has 0 unspecified atom stereocenters. The van der Waals surface area contributed by atoms with Crippen LogP contribution in [0.1, 0.15) is 32.6 Å². The molecule has 0 heterocycles. The van der Waals surface area contributed by atoms with E-state index in [4.69, 9.17) is 12.2 Å². The van der Waals surface area contributed by atoms with Crippen molar-refractivity contribution in [2.75, 3.05) is 10.6 Å². The first-order chi connectivity index (χ1) is 10.1. The number of amides is 1. The van der Waals surface area contributed by atoms with Crippen LogP contribution < -0.4 is 16.0 Å². The molecule has 1 amide bonds. The molecule has 1 aromatic rings. The molecule has 5 heteroatoms. The van der Waals surface area contributed by atoms with E-state index in [9.17, 15) is 4.79 Å². The number of hydrogen-bond acceptors (Lipinski definition) is 2. The van der Waals surface area contributed by atoms with Gasteiger partial charge in [-0.1, -0.05) is 6.42 Å². The van der Waals surface area contributed by atoms with Gasteiger partial charge in [-0.2, -0.15) is 0 Å². The molecule has 4 nitrogen and oxygen atoms in total. The molecule has 3 rings (SSSR count). The van der Waals surface area contributed by atoms with Gasteiger partial charge in [-0.3, -0.25) is 4.79 Å². The van der Waals surface area contributed by atoms with Gasteiger partial charge in [0.15, 0.2) is 5.11 Å². The minimum absolute atomic E-state index is 0.0656. The normalized spacial score (nSPS) is 26.4. The number of fused-ring (bicyclic) bond motifs is 2. The molecule has 2 bridgehead atoms. The van der Waals surface area contributed by atoms with Gasteiger partial charge in [0.1, 0.15) is 0 Å². The lowest BCUT2D eigenvalue weighted by Crippen LogP contribution is -2.40. The number of benzene rings is 1. The molecule has 1 aromatic carbocycles. The molecule has 2 saturated carbocycles. The van der Waals surface area contributed by atoms with Crippen LogP contribution in [0.5, 0.6) is 0 Å². The molecule has 0 aliphatic heterocycles. The van der Waals surface area contributed by atoms with Gasteiger partial charge >= 0.3 is 0 Å². The first-order valence-corrected chi connectivity index (χ1v) is 7.96. The molecular weight excluding hydrogens is 282 g/mol. The second-order valence-electron chi connectivity index (χ2n) is 6.14. The van der Waals surface area contributed by atoms with Crippen LogP contribution in [0.15, 0.2) is 24.3 Å². The lowest BCUT2D eigenvalue weighted by atomic mass is 9.96. The molecule has 21 heavy (non-hydrogen) atoms. The van der Waals surface area contributed by atoms with Crippen molar-refractivity contribution in [3.63, 3.8) is 0 Å². The summed E-state index contributed by atoms with van der Waals surface area (Å²) in [6.45, 7) is 1.50. The van der Waals surface area contributed by atoms with Crippen molar-refractivity contribution in [1.29, 1.82) is 0 Å². The van der Waals surface area contributed by atoms with Crippen LogP contribution in [-0.2, 0) is 4.79 Å². The second kappa shape index (κ2) is 6.02. The number of rotatable bonds is 3. The van der Waals surface area contributed by atoms with Crippen molar-refractivity contribution in [1.82, 2.24) is 5.32 Å². The van der Waals surface area contributed by atoms with E-state index in [0.717, 1.165) is 23.2 Å². The van der Waals surface area contributed by atoms with E-state index in [1.54, 1.807) is 0 Å². The first kappa shape index (κ1) is 14.3. The number of nitrogens with one attached hydrogen (secondary N) is 3. The molecule has 0 spiro atoms. The first-order valence-electron chi connectivity index (χ1n) is 7.55. The fourth-order valence-electron chi connectivity index (χ4n) is 3.60. The number of hydrogen-bond donors (Lipinski definition) is 3. The molecule has 112 valence electrons. The van der Waals surface area contributed by atoms with Gasteiger partial charge in [0, 0.05) is 24.3 Å². The van der Waals surface area contributed by atoms with E-state index >= 15 is 0 Å². The maximum Gasteiger partial charge on any atom is 0.221 e. The fourth-order valence-corrected chi connectivity index (χ4v) is 3.87. The highest BCUT2D eigenvalue weighted by atomic mass is 32.1. The number of carbonyl (C=O) groups excluding carboxylic acids is 1. The third kappa shape index (κ3) is 3.53. The number of carbonyl (C=O) groups is 1. The summed E-state index contributed by atoms with van der Waals surface area (Å²) in [6.07, 6.45) is 5.36. The largest absolute Gasteiger partial charge is 0.359 e. The maximum atomic E-state index is 11.0. The average Bonchev–Trinajstić information content (AvgIpc) is 3.02. The molecule has 0 saturated heterocycles. The van der Waals surface area contributed by atoms with Crippen LogP contribution in [-0.4, -0.2) is 17.1 Å². The molecule has 3 atom stereocenters. The van der Waals surface area contributed by atoms with Crippen molar-refractivity contribution >= 4 is 34.6 Å². The van der Waals surface area contributed by atoms with E-state index in [-0.39, 0.29) is 5.91 Å². The summed E-state index contributed by atoms with van der Waals surface area (Å²) in [5, 5.41) is 10.1. The minimum atomic E-state index is -0.0656. The van der Waals surface area contributed by atoms with Gasteiger partial charge in [-0.15, -0.1) is 0 Å². The Morgan fingerprint density at radius 2 is 1.76 bits per heavy atom. The standard InChI is InChI=1S/C16H21N3OS/c1-10(20)17-13-4-6-14(7-5-13)18-16(21)19-15-9-11-2-3-12(15)8-11/h4-7,11-12,15H,2-3,8-9H2,1H3,(H,17,20)(H2,18,19,21)/t11-,12+,15-/m0/s1. The summed E-state index contributed by atoms with van der Waals surface area (Å²) in [4.78, 5) is 11.0. The van der Waals surface area contributed by atoms with Gasteiger partial charge in [0.05, 0.1) is 0 Å². The smallest absolute Gasteiger partial charge is 0.221 e.